The first-order valence-corrected chi connectivity index (χ1v) is 6.18. The van der Waals surface area contributed by atoms with Crippen LogP contribution in [-0.2, 0) is 4.79 Å². The Morgan fingerprint density at radius 2 is 1.94 bits per heavy atom. The summed E-state index contributed by atoms with van der Waals surface area (Å²) < 4.78 is 5.09. The summed E-state index contributed by atoms with van der Waals surface area (Å²) in [5.74, 6) is 1.03. The van der Waals surface area contributed by atoms with Crippen LogP contribution in [0.4, 0.5) is 5.69 Å². The fourth-order valence-corrected chi connectivity index (χ4v) is 2.55. The van der Waals surface area contributed by atoms with E-state index in [1.165, 1.54) is 0 Å². The van der Waals surface area contributed by atoms with Crippen molar-refractivity contribution in [3.63, 3.8) is 0 Å². The number of ether oxygens (including phenoxy) is 1. The van der Waals surface area contributed by atoms with Crippen LogP contribution in [-0.4, -0.2) is 30.8 Å². The van der Waals surface area contributed by atoms with Crippen molar-refractivity contribution >= 4 is 11.6 Å². The first-order valence-electron chi connectivity index (χ1n) is 6.18. The van der Waals surface area contributed by atoms with Gasteiger partial charge in [0.05, 0.1) is 25.7 Å². The van der Waals surface area contributed by atoms with Gasteiger partial charge in [0.25, 0.3) is 0 Å². The van der Waals surface area contributed by atoms with Gasteiger partial charge in [-0.25, -0.2) is 0 Å². The standard InChI is InChI=1S/C14H19NO3/c1-9(2)13-12(8-16)15(14(13)17)10-4-6-11(18-3)7-5-10/h4-7,9,12-13,16H,8H2,1-3H3/t12-,13+/m1/s1. The second-order valence-corrected chi connectivity index (χ2v) is 4.93. The molecule has 2 rings (SSSR count). The Kier molecular flexibility index (Phi) is 3.57. The number of carbonyl (C=O) groups is 1. The van der Waals surface area contributed by atoms with E-state index >= 15 is 0 Å². The number of anilines is 1. The summed E-state index contributed by atoms with van der Waals surface area (Å²) >= 11 is 0. The molecule has 18 heavy (non-hydrogen) atoms. The number of rotatable bonds is 4. The molecule has 0 aromatic heterocycles. The second kappa shape index (κ2) is 4.98. The maximum Gasteiger partial charge on any atom is 0.232 e. The average Bonchev–Trinajstić information content (AvgIpc) is 2.36. The summed E-state index contributed by atoms with van der Waals surface area (Å²) in [5, 5.41) is 9.44. The van der Waals surface area contributed by atoms with Crippen LogP contribution in [0, 0.1) is 11.8 Å². The first kappa shape index (κ1) is 12.9. The number of hydrogen-bond donors (Lipinski definition) is 1. The highest BCUT2D eigenvalue weighted by atomic mass is 16.5. The van der Waals surface area contributed by atoms with E-state index in [0.29, 0.717) is 0 Å². The van der Waals surface area contributed by atoms with E-state index in [9.17, 15) is 9.90 Å². The zero-order chi connectivity index (χ0) is 13.3. The number of nitrogens with zero attached hydrogens (tertiary/aromatic N) is 1. The molecule has 1 aliphatic rings. The van der Waals surface area contributed by atoms with Crippen molar-refractivity contribution < 1.29 is 14.6 Å². The predicted molar refractivity (Wildman–Crippen MR) is 69.7 cm³/mol. The molecule has 4 heteroatoms. The van der Waals surface area contributed by atoms with Gasteiger partial charge in [0.2, 0.25) is 5.91 Å². The maximum atomic E-state index is 12.1. The largest absolute Gasteiger partial charge is 0.497 e. The molecule has 0 spiro atoms. The number of benzene rings is 1. The molecule has 0 radical (unpaired) electrons. The lowest BCUT2D eigenvalue weighted by molar-refractivity contribution is -0.133. The van der Waals surface area contributed by atoms with E-state index in [2.05, 4.69) is 0 Å². The summed E-state index contributed by atoms with van der Waals surface area (Å²) in [5.41, 5.74) is 0.816. The summed E-state index contributed by atoms with van der Waals surface area (Å²) in [6, 6.07) is 7.22. The molecule has 0 unspecified atom stereocenters. The predicted octanol–water partition coefficient (Wildman–Crippen LogP) is 1.67. The third-order valence-electron chi connectivity index (χ3n) is 3.52. The monoisotopic (exact) mass is 249 g/mol. The van der Waals surface area contributed by atoms with Gasteiger partial charge in [-0.2, -0.15) is 0 Å². The third-order valence-corrected chi connectivity index (χ3v) is 3.52. The second-order valence-electron chi connectivity index (χ2n) is 4.93. The van der Waals surface area contributed by atoms with Crippen molar-refractivity contribution in [1.29, 1.82) is 0 Å². The summed E-state index contributed by atoms with van der Waals surface area (Å²) in [7, 11) is 1.61. The van der Waals surface area contributed by atoms with E-state index in [1.54, 1.807) is 12.0 Å². The van der Waals surface area contributed by atoms with Gasteiger partial charge in [0.15, 0.2) is 0 Å². The number of carbonyl (C=O) groups excluding carboxylic acids is 1. The highest BCUT2D eigenvalue weighted by Crippen LogP contribution is 2.37. The van der Waals surface area contributed by atoms with E-state index in [4.69, 9.17) is 4.74 Å². The average molecular weight is 249 g/mol. The van der Waals surface area contributed by atoms with E-state index in [0.717, 1.165) is 11.4 Å². The topological polar surface area (TPSA) is 49.8 Å². The zero-order valence-electron chi connectivity index (χ0n) is 11.0. The van der Waals surface area contributed by atoms with Crippen molar-refractivity contribution in [2.24, 2.45) is 11.8 Å². The Labute approximate surface area is 107 Å². The number of amides is 1. The Bertz CT molecular complexity index is 427. The maximum absolute atomic E-state index is 12.1. The first-order chi connectivity index (χ1) is 8.60. The SMILES string of the molecule is COc1ccc(N2C(=O)[C@@H](C(C)C)[C@H]2CO)cc1. The Morgan fingerprint density at radius 1 is 1.33 bits per heavy atom. The van der Waals surface area contributed by atoms with Crippen LogP contribution in [0.2, 0.25) is 0 Å². The van der Waals surface area contributed by atoms with Crippen molar-refractivity contribution in [2.75, 3.05) is 18.6 Å². The molecule has 1 saturated heterocycles. The molecule has 1 amide bonds. The molecule has 1 aliphatic heterocycles. The Balaban J connectivity index is 2.20. The van der Waals surface area contributed by atoms with Gasteiger partial charge in [0, 0.05) is 5.69 Å². The molecule has 98 valence electrons. The molecule has 1 fully saturated rings. The van der Waals surface area contributed by atoms with Gasteiger partial charge in [-0.15, -0.1) is 0 Å². The van der Waals surface area contributed by atoms with Crippen LogP contribution in [0.1, 0.15) is 13.8 Å². The van der Waals surface area contributed by atoms with Gasteiger partial charge < -0.3 is 14.7 Å². The molecule has 1 aromatic carbocycles. The number of methoxy groups -OCH3 is 1. The van der Waals surface area contributed by atoms with E-state index in [-0.39, 0.29) is 30.4 Å². The van der Waals surface area contributed by atoms with E-state index in [1.807, 2.05) is 38.1 Å². The van der Waals surface area contributed by atoms with Crippen molar-refractivity contribution in [3.05, 3.63) is 24.3 Å². The minimum absolute atomic E-state index is 0.000611. The van der Waals surface area contributed by atoms with Crippen LogP contribution < -0.4 is 9.64 Å². The van der Waals surface area contributed by atoms with Gasteiger partial charge in [-0.05, 0) is 30.2 Å². The molecule has 0 bridgehead atoms. The molecule has 0 aliphatic carbocycles. The lowest BCUT2D eigenvalue weighted by Crippen LogP contribution is -2.64. The van der Waals surface area contributed by atoms with E-state index < -0.39 is 0 Å². The molecule has 1 aromatic rings. The van der Waals surface area contributed by atoms with Crippen molar-refractivity contribution in [3.8, 4) is 5.75 Å². The van der Waals surface area contributed by atoms with Gasteiger partial charge in [-0.3, -0.25) is 4.79 Å². The lowest BCUT2D eigenvalue weighted by atomic mass is 9.79. The highest BCUT2D eigenvalue weighted by molar-refractivity contribution is 6.03. The van der Waals surface area contributed by atoms with Gasteiger partial charge in [0.1, 0.15) is 5.75 Å². The number of aliphatic hydroxyl groups is 1. The quantitative estimate of drug-likeness (QED) is 0.826. The summed E-state index contributed by atoms with van der Waals surface area (Å²) in [4.78, 5) is 13.8. The Morgan fingerprint density at radius 3 is 2.39 bits per heavy atom. The lowest BCUT2D eigenvalue weighted by Gasteiger charge is -2.48. The molecule has 0 saturated carbocycles. The van der Waals surface area contributed by atoms with Crippen LogP contribution in [0.15, 0.2) is 24.3 Å². The fourth-order valence-electron chi connectivity index (χ4n) is 2.55. The fraction of sp³-hybridized carbons (Fsp3) is 0.500. The highest BCUT2D eigenvalue weighted by Gasteiger charge is 2.48. The molecule has 4 nitrogen and oxygen atoms in total. The minimum atomic E-state index is -0.106. The van der Waals surface area contributed by atoms with Crippen molar-refractivity contribution in [1.82, 2.24) is 0 Å². The zero-order valence-corrected chi connectivity index (χ0v) is 11.0. The normalized spacial score (nSPS) is 23.2. The van der Waals surface area contributed by atoms with Crippen LogP contribution >= 0.6 is 0 Å². The third kappa shape index (κ3) is 1.97. The molecular weight excluding hydrogens is 230 g/mol. The number of hydrogen-bond acceptors (Lipinski definition) is 3. The smallest absolute Gasteiger partial charge is 0.232 e. The summed E-state index contributed by atoms with van der Waals surface area (Å²) in [6.45, 7) is 4.02. The summed E-state index contributed by atoms with van der Waals surface area (Å²) in [6.07, 6.45) is 0. The molecule has 2 atom stereocenters. The molecule has 1 N–H and O–H groups in total. The van der Waals surface area contributed by atoms with Gasteiger partial charge >= 0.3 is 0 Å². The number of β-lactam (4-membered cyclic amide) rings is 1. The molecule has 1 heterocycles. The molecular formula is C14H19NO3. The Hall–Kier alpha value is -1.55. The van der Waals surface area contributed by atoms with Crippen molar-refractivity contribution in [2.45, 2.75) is 19.9 Å². The van der Waals surface area contributed by atoms with Crippen LogP contribution in [0.25, 0.3) is 0 Å². The van der Waals surface area contributed by atoms with Gasteiger partial charge in [-0.1, -0.05) is 13.8 Å². The minimum Gasteiger partial charge on any atom is -0.497 e. The number of aliphatic hydroxyl groups excluding tert-OH is 1. The van der Waals surface area contributed by atoms with Crippen LogP contribution in [0.3, 0.4) is 0 Å². The van der Waals surface area contributed by atoms with Crippen LogP contribution in [0.5, 0.6) is 5.75 Å².